The van der Waals surface area contributed by atoms with Crippen LogP contribution in [0.3, 0.4) is 0 Å². The maximum absolute atomic E-state index is 12.0. The Morgan fingerprint density at radius 2 is 2.19 bits per heavy atom. The third kappa shape index (κ3) is 5.22. The summed E-state index contributed by atoms with van der Waals surface area (Å²) in [5, 5.41) is 11.6. The normalized spacial score (nSPS) is 17.1. The highest BCUT2D eigenvalue weighted by atomic mass is 16.5. The number of amides is 1. The van der Waals surface area contributed by atoms with Gasteiger partial charge in [-0.2, -0.15) is 0 Å². The van der Waals surface area contributed by atoms with Crippen LogP contribution in [-0.2, 0) is 4.74 Å². The molecule has 2 N–H and O–H groups in total. The number of nitrogens with one attached hydrogen (secondary N) is 1. The van der Waals surface area contributed by atoms with Crippen molar-refractivity contribution in [3.8, 4) is 11.8 Å². The number of aliphatic hydroxyl groups excluding tert-OH is 1. The van der Waals surface area contributed by atoms with Crippen LogP contribution in [0.5, 0.6) is 0 Å². The first-order valence-corrected chi connectivity index (χ1v) is 7.35. The summed E-state index contributed by atoms with van der Waals surface area (Å²) in [6.07, 6.45) is 2.53. The van der Waals surface area contributed by atoms with Gasteiger partial charge in [-0.1, -0.05) is 11.8 Å². The minimum absolute atomic E-state index is 0.0521. The number of benzene rings is 1. The standard InChI is InChI=1S/C17H21NO3/c19-11-2-1-3-14-4-6-16(7-5-14)17(20)18-10-8-15-9-12-21-13-15/h4-7,15,19H,2,8-13H2,(H,18,20). The highest BCUT2D eigenvalue weighted by molar-refractivity contribution is 5.94. The van der Waals surface area contributed by atoms with Gasteiger partial charge in [-0.15, -0.1) is 0 Å². The minimum atomic E-state index is -0.0521. The number of hydrogen-bond acceptors (Lipinski definition) is 3. The van der Waals surface area contributed by atoms with Crippen LogP contribution in [0.25, 0.3) is 0 Å². The van der Waals surface area contributed by atoms with Gasteiger partial charge in [0.05, 0.1) is 6.61 Å². The van der Waals surface area contributed by atoms with Crippen LogP contribution in [0.2, 0.25) is 0 Å². The minimum Gasteiger partial charge on any atom is -0.395 e. The summed E-state index contributed by atoms with van der Waals surface area (Å²) >= 11 is 0. The van der Waals surface area contributed by atoms with E-state index in [2.05, 4.69) is 17.2 Å². The second-order valence-electron chi connectivity index (χ2n) is 5.13. The summed E-state index contributed by atoms with van der Waals surface area (Å²) in [6, 6.07) is 7.20. The van der Waals surface area contributed by atoms with Gasteiger partial charge in [0.15, 0.2) is 0 Å². The first kappa shape index (κ1) is 15.6. The summed E-state index contributed by atoms with van der Waals surface area (Å²) in [5.74, 6) is 6.32. The van der Waals surface area contributed by atoms with Gasteiger partial charge in [0.25, 0.3) is 5.91 Å². The molecule has 1 aromatic rings. The molecule has 4 nitrogen and oxygen atoms in total. The van der Waals surface area contributed by atoms with E-state index in [4.69, 9.17) is 9.84 Å². The Bertz CT molecular complexity index is 507. The summed E-state index contributed by atoms with van der Waals surface area (Å²) in [4.78, 5) is 12.0. The molecule has 1 aliphatic rings. The maximum atomic E-state index is 12.0. The van der Waals surface area contributed by atoms with Crippen molar-refractivity contribution in [3.05, 3.63) is 35.4 Å². The molecule has 1 saturated heterocycles. The number of carbonyl (C=O) groups is 1. The molecule has 0 spiro atoms. The largest absolute Gasteiger partial charge is 0.395 e. The lowest BCUT2D eigenvalue weighted by atomic mass is 10.1. The van der Waals surface area contributed by atoms with Crippen LogP contribution >= 0.6 is 0 Å². The molecule has 1 amide bonds. The predicted octanol–water partition coefficient (Wildman–Crippen LogP) is 1.58. The zero-order valence-electron chi connectivity index (χ0n) is 12.1. The molecule has 112 valence electrons. The Kier molecular flexibility index (Phi) is 6.26. The van der Waals surface area contributed by atoms with Crippen LogP contribution in [0.4, 0.5) is 0 Å². The molecule has 0 saturated carbocycles. The van der Waals surface area contributed by atoms with E-state index in [-0.39, 0.29) is 12.5 Å². The van der Waals surface area contributed by atoms with E-state index in [1.807, 2.05) is 12.1 Å². The fraction of sp³-hybridized carbons (Fsp3) is 0.471. The van der Waals surface area contributed by atoms with E-state index >= 15 is 0 Å². The van der Waals surface area contributed by atoms with Crippen molar-refractivity contribution in [3.63, 3.8) is 0 Å². The smallest absolute Gasteiger partial charge is 0.251 e. The predicted molar refractivity (Wildman–Crippen MR) is 80.9 cm³/mol. The average molecular weight is 287 g/mol. The molecule has 1 aromatic carbocycles. The molecule has 0 aliphatic carbocycles. The van der Waals surface area contributed by atoms with E-state index in [0.29, 0.717) is 24.4 Å². The van der Waals surface area contributed by atoms with Crippen LogP contribution < -0.4 is 5.32 Å². The lowest BCUT2D eigenvalue weighted by Gasteiger charge is -2.08. The van der Waals surface area contributed by atoms with E-state index in [1.165, 1.54) is 0 Å². The second kappa shape index (κ2) is 8.46. The van der Waals surface area contributed by atoms with Gasteiger partial charge in [0.2, 0.25) is 0 Å². The van der Waals surface area contributed by atoms with Crippen molar-refractivity contribution >= 4 is 5.91 Å². The lowest BCUT2D eigenvalue weighted by Crippen LogP contribution is -2.26. The quantitative estimate of drug-likeness (QED) is 0.808. The van der Waals surface area contributed by atoms with Crippen molar-refractivity contribution in [2.24, 2.45) is 5.92 Å². The first-order chi connectivity index (χ1) is 10.3. The van der Waals surface area contributed by atoms with Crippen LogP contribution in [-0.4, -0.2) is 37.4 Å². The molecule has 4 heteroatoms. The molecule has 1 fully saturated rings. The first-order valence-electron chi connectivity index (χ1n) is 7.35. The van der Waals surface area contributed by atoms with Gasteiger partial charge < -0.3 is 15.2 Å². The molecule has 1 heterocycles. The molecule has 2 rings (SSSR count). The molecular weight excluding hydrogens is 266 g/mol. The van der Waals surface area contributed by atoms with E-state index in [1.54, 1.807) is 12.1 Å². The number of ether oxygens (including phenoxy) is 1. The summed E-state index contributed by atoms with van der Waals surface area (Å²) in [5.41, 5.74) is 1.49. The fourth-order valence-electron chi connectivity index (χ4n) is 2.23. The molecule has 0 radical (unpaired) electrons. The van der Waals surface area contributed by atoms with Gasteiger partial charge in [0, 0.05) is 37.3 Å². The Morgan fingerprint density at radius 1 is 1.38 bits per heavy atom. The maximum Gasteiger partial charge on any atom is 0.251 e. The molecule has 21 heavy (non-hydrogen) atoms. The fourth-order valence-corrected chi connectivity index (χ4v) is 2.23. The van der Waals surface area contributed by atoms with Gasteiger partial charge in [-0.25, -0.2) is 0 Å². The van der Waals surface area contributed by atoms with Crippen molar-refractivity contribution in [2.45, 2.75) is 19.3 Å². The molecule has 0 aromatic heterocycles. The second-order valence-corrected chi connectivity index (χ2v) is 5.13. The summed E-state index contributed by atoms with van der Waals surface area (Å²) in [6.45, 7) is 2.42. The highest BCUT2D eigenvalue weighted by Gasteiger charge is 2.15. The van der Waals surface area contributed by atoms with Crippen molar-refractivity contribution < 1.29 is 14.6 Å². The van der Waals surface area contributed by atoms with Gasteiger partial charge in [0.1, 0.15) is 0 Å². The van der Waals surface area contributed by atoms with E-state index < -0.39 is 0 Å². The van der Waals surface area contributed by atoms with E-state index in [9.17, 15) is 4.79 Å². The van der Waals surface area contributed by atoms with Crippen LogP contribution in [0.1, 0.15) is 35.2 Å². The Balaban J connectivity index is 1.78. The van der Waals surface area contributed by atoms with Crippen molar-refractivity contribution in [1.29, 1.82) is 0 Å². The highest BCUT2D eigenvalue weighted by Crippen LogP contribution is 2.15. The summed E-state index contributed by atoms with van der Waals surface area (Å²) in [7, 11) is 0. The number of aliphatic hydroxyl groups is 1. The van der Waals surface area contributed by atoms with Gasteiger partial charge in [-0.05, 0) is 43.0 Å². The zero-order chi connectivity index (χ0) is 14.9. The molecule has 1 unspecified atom stereocenters. The van der Waals surface area contributed by atoms with Gasteiger partial charge >= 0.3 is 0 Å². The number of hydrogen-bond donors (Lipinski definition) is 2. The van der Waals surface area contributed by atoms with Crippen LogP contribution in [0.15, 0.2) is 24.3 Å². The van der Waals surface area contributed by atoms with Gasteiger partial charge in [-0.3, -0.25) is 4.79 Å². The van der Waals surface area contributed by atoms with Crippen molar-refractivity contribution in [1.82, 2.24) is 5.32 Å². The Morgan fingerprint density at radius 3 is 2.86 bits per heavy atom. The number of rotatable bonds is 5. The molecular formula is C17H21NO3. The zero-order valence-corrected chi connectivity index (χ0v) is 12.1. The Hall–Kier alpha value is -1.83. The summed E-state index contributed by atoms with van der Waals surface area (Å²) < 4.78 is 5.31. The molecule has 0 bridgehead atoms. The number of carbonyl (C=O) groups excluding carboxylic acids is 1. The third-order valence-corrected chi connectivity index (χ3v) is 3.48. The van der Waals surface area contributed by atoms with Crippen molar-refractivity contribution in [2.75, 3.05) is 26.4 Å². The van der Waals surface area contributed by atoms with Crippen LogP contribution in [0, 0.1) is 17.8 Å². The molecule has 1 atom stereocenters. The topological polar surface area (TPSA) is 58.6 Å². The molecule has 1 aliphatic heterocycles. The Labute approximate surface area is 125 Å². The third-order valence-electron chi connectivity index (χ3n) is 3.48. The SMILES string of the molecule is O=C(NCCC1CCOC1)c1ccc(C#CCCO)cc1. The van der Waals surface area contributed by atoms with E-state index in [0.717, 1.165) is 31.6 Å². The average Bonchev–Trinajstić information content (AvgIpc) is 3.01. The lowest BCUT2D eigenvalue weighted by molar-refractivity contribution is 0.0950. The monoisotopic (exact) mass is 287 g/mol.